The topological polar surface area (TPSA) is 26.0 Å². The highest BCUT2D eigenvalue weighted by Crippen LogP contribution is 2.30. The minimum absolute atomic E-state index is 0. The molecule has 0 saturated heterocycles. The summed E-state index contributed by atoms with van der Waals surface area (Å²) in [6, 6.07) is 6.71. The van der Waals surface area contributed by atoms with Crippen molar-refractivity contribution in [2.24, 2.45) is 5.73 Å². The first-order chi connectivity index (χ1) is 5.29. The molecule has 1 aliphatic carbocycles. The van der Waals surface area contributed by atoms with Crippen molar-refractivity contribution in [2.75, 3.05) is 0 Å². The summed E-state index contributed by atoms with van der Waals surface area (Å²) in [6.45, 7) is 2.16. The Morgan fingerprint density at radius 1 is 1.42 bits per heavy atom. The number of rotatable bonds is 0. The quantitative estimate of drug-likeness (QED) is 0.657. The zero-order valence-electron chi connectivity index (χ0n) is 7.21. The van der Waals surface area contributed by atoms with Crippen LogP contribution in [0.25, 0.3) is 0 Å². The van der Waals surface area contributed by atoms with E-state index in [4.69, 9.17) is 5.73 Å². The standard InChI is InChI=1S/C10H13N.ClH/c1-7-3-2-4-9-8(7)5-6-10(9)11;/h2-4,10H,5-6,11H2,1H3;1H. The van der Waals surface area contributed by atoms with Gasteiger partial charge in [0.2, 0.25) is 0 Å². The van der Waals surface area contributed by atoms with Gasteiger partial charge in [0.15, 0.2) is 0 Å². The Hall–Kier alpha value is -0.530. The molecule has 2 heteroatoms. The highest BCUT2D eigenvalue weighted by molar-refractivity contribution is 5.85. The second kappa shape index (κ2) is 3.46. The van der Waals surface area contributed by atoms with Gasteiger partial charge in [-0.25, -0.2) is 0 Å². The van der Waals surface area contributed by atoms with E-state index >= 15 is 0 Å². The van der Waals surface area contributed by atoms with Crippen molar-refractivity contribution in [2.45, 2.75) is 25.8 Å². The second-order valence-corrected chi connectivity index (χ2v) is 3.29. The maximum atomic E-state index is 5.92. The lowest BCUT2D eigenvalue weighted by atomic mass is 10.0. The lowest BCUT2D eigenvalue weighted by Gasteiger charge is -2.05. The molecule has 1 aliphatic rings. The van der Waals surface area contributed by atoms with Crippen molar-refractivity contribution in [3.63, 3.8) is 0 Å². The van der Waals surface area contributed by atoms with Gasteiger partial charge < -0.3 is 5.73 Å². The number of hydrogen-bond acceptors (Lipinski definition) is 1. The summed E-state index contributed by atoms with van der Waals surface area (Å²) in [6.07, 6.45) is 2.30. The molecule has 0 aromatic heterocycles. The average molecular weight is 184 g/mol. The number of nitrogens with two attached hydrogens (primary N) is 1. The largest absolute Gasteiger partial charge is 0.324 e. The number of aryl methyl sites for hydroxylation is 1. The number of halogens is 1. The van der Waals surface area contributed by atoms with Gasteiger partial charge >= 0.3 is 0 Å². The normalized spacial score (nSPS) is 20.0. The Labute approximate surface area is 79.4 Å². The Morgan fingerprint density at radius 3 is 2.83 bits per heavy atom. The zero-order valence-corrected chi connectivity index (χ0v) is 8.03. The zero-order chi connectivity index (χ0) is 7.84. The van der Waals surface area contributed by atoms with E-state index in [1.54, 1.807) is 0 Å². The fourth-order valence-electron chi connectivity index (χ4n) is 1.87. The van der Waals surface area contributed by atoms with Crippen LogP contribution in [0.4, 0.5) is 0 Å². The van der Waals surface area contributed by atoms with Gasteiger partial charge in [0.1, 0.15) is 0 Å². The van der Waals surface area contributed by atoms with E-state index in [2.05, 4.69) is 25.1 Å². The third-order valence-electron chi connectivity index (χ3n) is 2.55. The van der Waals surface area contributed by atoms with Crippen molar-refractivity contribution in [3.8, 4) is 0 Å². The first-order valence-electron chi connectivity index (χ1n) is 4.13. The molecule has 1 nitrogen and oxygen atoms in total. The molecule has 0 saturated carbocycles. The molecule has 1 atom stereocenters. The van der Waals surface area contributed by atoms with Crippen LogP contribution in [0.15, 0.2) is 18.2 Å². The minimum Gasteiger partial charge on any atom is -0.324 e. The summed E-state index contributed by atoms with van der Waals surface area (Å²) < 4.78 is 0. The summed E-state index contributed by atoms with van der Waals surface area (Å²) in [5.41, 5.74) is 10.2. The van der Waals surface area contributed by atoms with Gasteiger partial charge in [-0.15, -0.1) is 12.4 Å². The van der Waals surface area contributed by atoms with E-state index in [0.717, 1.165) is 6.42 Å². The molecule has 0 amide bonds. The Balaban J connectivity index is 0.000000720. The van der Waals surface area contributed by atoms with Crippen molar-refractivity contribution in [1.29, 1.82) is 0 Å². The predicted molar refractivity (Wildman–Crippen MR) is 53.7 cm³/mol. The van der Waals surface area contributed by atoms with Crippen LogP contribution in [0.2, 0.25) is 0 Å². The third kappa shape index (κ3) is 1.35. The van der Waals surface area contributed by atoms with E-state index in [1.165, 1.54) is 23.1 Å². The third-order valence-corrected chi connectivity index (χ3v) is 2.55. The van der Waals surface area contributed by atoms with Gasteiger partial charge in [-0.1, -0.05) is 18.2 Å². The van der Waals surface area contributed by atoms with Gasteiger partial charge in [0.25, 0.3) is 0 Å². The molecule has 0 fully saturated rings. The maximum Gasteiger partial charge on any atom is 0.0300 e. The number of benzene rings is 1. The lowest BCUT2D eigenvalue weighted by molar-refractivity contribution is 0.713. The van der Waals surface area contributed by atoms with E-state index in [1.807, 2.05) is 0 Å². The Kier molecular flexibility index (Phi) is 2.76. The van der Waals surface area contributed by atoms with Gasteiger partial charge in [0.05, 0.1) is 0 Å². The first kappa shape index (κ1) is 9.56. The first-order valence-corrected chi connectivity index (χ1v) is 4.13. The van der Waals surface area contributed by atoms with Gasteiger partial charge in [-0.3, -0.25) is 0 Å². The van der Waals surface area contributed by atoms with Crippen molar-refractivity contribution < 1.29 is 0 Å². The fraction of sp³-hybridized carbons (Fsp3) is 0.400. The molecule has 66 valence electrons. The van der Waals surface area contributed by atoms with Gasteiger partial charge in [0, 0.05) is 6.04 Å². The SMILES string of the molecule is Cc1cccc2c1CCC2N.Cl. The molecule has 0 spiro atoms. The van der Waals surface area contributed by atoms with Crippen LogP contribution in [0, 0.1) is 6.92 Å². The summed E-state index contributed by atoms with van der Waals surface area (Å²) in [5, 5.41) is 0. The second-order valence-electron chi connectivity index (χ2n) is 3.29. The number of hydrogen-bond donors (Lipinski definition) is 1. The van der Waals surface area contributed by atoms with E-state index < -0.39 is 0 Å². The monoisotopic (exact) mass is 183 g/mol. The lowest BCUT2D eigenvalue weighted by Crippen LogP contribution is -2.04. The predicted octanol–water partition coefficient (Wildman–Crippen LogP) is 2.36. The molecule has 1 aromatic rings. The molecule has 12 heavy (non-hydrogen) atoms. The van der Waals surface area contributed by atoms with Crippen molar-refractivity contribution in [1.82, 2.24) is 0 Å². The molecule has 0 radical (unpaired) electrons. The summed E-state index contributed by atoms with van der Waals surface area (Å²) >= 11 is 0. The van der Waals surface area contributed by atoms with Gasteiger partial charge in [-0.05, 0) is 36.5 Å². The smallest absolute Gasteiger partial charge is 0.0300 e. The average Bonchev–Trinajstić information content (AvgIpc) is 2.35. The molecule has 0 aliphatic heterocycles. The van der Waals surface area contributed by atoms with Gasteiger partial charge in [-0.2, -0.15) is 0 Å². The van der Waals surface area contributed by atoms with Crippen LogP contribution < -0.4 is 5.73 Å². The van der Waals surface area contributed by atoms with Crippen molar-refractivity contribution in [3.05, 3.63) is 34.9 Å². The molecule has 2 rings (SSSR count). The highest BCUT2D eigenvalue weighted by Gasteiger charge is 2.19. The van der Waals surface area contributed by atoms with Crippen LogP contribution in [0.1, 0.15) is 29.2 Å². The Morgan fingerprint density at radius 2 is 2.17 bits per heavy atom. The molecular weight excluding hydrogens is 170 g/mol. The molecule has 2 N–H and O–H groups in total. The molecular formula is C10H14ClN. The van der Waals surface area contributed by atoms with Crippen LogP contribution in [0.5, 0.6) is 0 Å². The summed E-state index contributed by atoms with van der Waals surface area (Å²) in [5.74, 6) is 0. The summed E-state index contributed by atoms with van der Waals surface area (Å²) in [4.78, 5) is 0. The highest BCUT2D eigenvalue weighted by atomic mass is 35.5. The van der Waals surface area contributed by atoms with Crippen LogP contribution >= 0.6 is 12.4 Å². The van der Waals surface area contributed by atoms with E-state index in [9.17, 15) is 0 Å². The minimum atomic E-state index is 0. The molecule has 0 heterocycles. The Bertz CT molecular complexity index is 283. The molecule has 1 aromatic carbocycles. The molecule has 1 unspecified atom stereocenters. The molecule has 0 bridgehead atoms. The van der Waals surface area contributed by atoms with Crippen LogP contribution in [0.3, 0.4) is 0 Å². The summed E-state index contributed by atoms with van der Waals surface area (Å²) in [7, 11) is 0. The van der Waals surface area contributed by atoms with E-state index in [0.29, 0.717) is 6.04 Å². The fourth-order valence-corrected chi connectivity index (χ4v) is 1.87. The van der Waals surface area contributed by atoms with Crippen LogP contribution in [-0.4, -0.2) is 0 Å². The van der Waals surface area contributed by atoms with E-state index in [-0.39, 0.29) is 12.4 Å². The number of fused-ring (bicyclic) bond motifs is 1. The van der Waals surface area contributed by atoms with Crippen molar-refractivity contribution >= 4 is 12.4 Å². The van der Waals surface area contributed by atoms with Crippen LogP contribution in [-0.2, 0) is 6.42 Å². The maximum absolute atomic E-state index is 5.92.